The fourth-order valence-electron chi connectivity index (χ4n) is 3.40. The maximum atomic E-state index is 12.8. The Labute approximate surface area is 170 Å². The van der Waals surface area contributed by atoms with Gasteiger partial charge in [-0.1, -0.05) is 55.1 Å². The van der Waals surface area contributed by atoms with E-state index in [0.717, 1.165) is 25.7 Å². The summed E-state index contributed by atoms with van der Waals surface area (Å²) < 4.78 is 5.54. The Morgan fingerprint density at radius 1 is 1.07 bits per heavy atom. The number of ether oxygens (including phenoxy) is 1. The highest BCUT2D eigenvalue weighted by molar-refractivity contribution is 6.32. The number of benzene rings is 2. The smallest absolute Gasteiger partial charge is 0.264 e. The molecule has 1 aliphatic carbocycles. The normalized spacial score (nSPS) is 14.4. The van der Waals surface area contributed by atoms with Crippen LogP contribution in [0.15, 0.2) is 48.5 Å². The molecule has 1 aliphatic rings. The topological polar surface area (TPSA) is 58.6 Å². The monoisotopic (exact) mass is 400 g/mol. The average molecular weight is 401 g/mol. The molecule has 0 bridgehead atoms. The Hall–Kier alpha value is -2.53. The summed E-state index contributed by atoms with van der Waals surface area (Å²) in [7, 11) is 1.64. The van der Waals surface area contributed by atoms with E-state index in [-0.39, 0.29) is 24.5 Å². The van der Waals surface area contributed by atoms with E-state index in [1.807, 2.05) is 6.07 Å². The number of hydrogen-bond donors (Lipinski definition) is 1. The maximum absolute atomic E-state index is 12.8. The summed E-state index contributed by atoms with van der Waals surface area (Å²) in [6.07, 6.45) is 5.53. The summed E-state index contributed by atoms with van der Waals surface area (Å²) >= 11 is 6.06. The number of anilines is 1. The number of halogens is 1. The van der Waals surface area contributed by atoms with Gasteiger partial charge in [0.05, 0.1) is 16.3 Å². The molecular formula is C22H25ClN2O3. The van der Waals surface area contributed by atoms with Crippen LogP contribution in [0, 0.1) is 0 Å². The van der Waals surface area contributed by atoms with Crippen LogP contribution in [0.5, 0.6) is 5.75 Å². The van der Waals surface area contributed by atoms with Crippen LogP contribution >= 0.6 is 11.6 Å². The Morgan fingerprint density at radius 3 is 2.50 bits per heavy atom. The molecule has 0 spiro atoms. The molecule has 0 aliphatic heterocycles. The predicted molar refractivity (Wildman–Crippen MR) is 111 cm³/mol. The number of para-hydroxylation sites is 2. The van der Waals surface area contributed by atoms with Crippen molar-refractivity contribution in [2.24, 2.45) is 0 Å². The standard InChI is InChI=1S/C22H25ClN2O3/c1-25(21(26)15-28-20-14-8-6-12-18(20)23)19-13-7-5-11-17(19)22(27)24-16-9-3-2-4-10-16/h5-8,11-14,16H,2-4,9-10,15H2,1H3,(H,24,27). The van der Waals surface area contributed by atoms with Crippen LogP contribution in [0.2, 0.25) is 5.02 Å². The molecule has 2 amide bonds. The fourth-order valence-corrected chi connectivity index (χ4v) is 3.59. The Balaban J connectivity index is 1.67. The average Bonchev–Trinajstić information content (AvgIpc) is 2.73. The SMILES string of the molecule is CN(C(=O)COc1ccccc1Cl)c1ccccc1C(=O)NC1CCCCC1. The summed E-state index contributed by atoms with van der Waals surface area (Å²) in [5.74, 6) is 0.0428. The van der Waals surface area contributed by atoms with Gasteiger partial charge in [-0.05, 0) is 37.1 Å². The highest BCUT2D eigenvalue weighted by Crippen LogP contribution is 2.24. The second-order valence-electron chi connectivity index (χ2n) is 7.00. The van der Waals surface area contributed by atoms with Crippen LogP contribution in [-0.2, 0) is 4.79 Å². The highest BCUT2D eigenvalue weighted by Gasteiger charge is 2.22. The fraction of sp³-hybridized carbons (Fsp3) is 0.364. The second-order valence-corrected chi connectivity index (χ2v) is 7.40. The summed E-state index contributed by atoms with van der Waals surface area (Å²) in [4.78, 5) is 26.9. The Bertz CT molecular complexity index is 834. The van der Waals surface area contributed by atoms with Crippen LogP contribution in [0.4, 0.5) is 5.69 Å². The summed E-state index contributed by atoms with van der Waals surface area (Å²) in [6, 6.07) is 14.3. The van der Waals surface area contributed by atoms with Gasteiger partial charge in [-0.3, -0.25) is 9.59 Å². The minimum atomic E-state index is -0.266. The van der Waals surface area contributed by atoms with Crippen LogP contribution in [0.1, 0.15) is 42.5 Å². The maximum Gasteiger partial charge on any atom is 0.264 e. The molecular weight excluding hydrogens is 376 g/mol. The third-order valence-corrected chi connectivity index (χ3v) is 5.32. The highest BCUT2D eigenvalue weighted by atomic mass is 35.5. The molecule has 148 valence electrons. The molecule has 0 heterocycles. The third kappa shape index (κ3) is 5.04. The largest absolute Gasteiger partial charge is 0.482 e. The molecule has 1 saturated carbocycles. The van der Waals surface area contributed by atoms with Gasteiger partial charge in [-0.2, -0.15) is 0 Å². The van der Waals surface area contributed by atoms with Gasteiger partial charge < -0.3 is 15.0 Å². The van der Waals surface area contributed by atoms with Gasteiger partial charge in [0.15, 0.2) is 6.61 Å². The van der Waals surface area contributed by atoms with E-state index in [9.17, 15) is 9.59 Å². The van der Waals surface area contributed by atoms with Gasteiger partial charge in [0.25, 0.3) is 11.8 Å². The third-order valence-electron chi connectivity index (χ3n) is 5.01. The molecule has 0 radical (unpaired) electrons. The lowest BCUT2D eigenvalue weighted by Crippen LogP contribution is -2.38. The van der Waals surface area contributed by atoms with Gasteiger partial charge in [-0.15, -0.1) is 0 Å². The molecule has 2 aromatic rings. The molecule has 28 heavy (non-hydrogen) atoms. The number of carbonyl (C=O) groups is 2. The molecule has 3 rings (SSSR count). The lowest BCUT2D eigenvalue weighted by atomic mass is 9.95. The van der Waals surface area contributed by atoms with E-state index in [4.69, 9.17) is 16.3 Å². The Kier molecular flexibility index (Phi) is 6.93. The summed E-state index contributed by atoms with van der Waals surface area (Å²) in [5, 5.41) is 3.56. The molecule has 0 saturated heterocycles. The van der Waals surface area contributed by atoms with Crippen molar-refractivity contribution in [3.05, 3.63) is 59.1 Å². The molecule has 2 aromatic carbocycles. The Morgan fingerprint density at radius 2 is 1.75 bits per heavy atom. The first kappa shape index (κ1) is 20.2. The zero-order valence-corrected chi connectivity index (χ0v) is 16.7. The van der Waals surface area contributed by atoms with Gasteiger partial charge in [0.1, 0.15) is 5.75 Å². The first-order chi connectivity index (χ1) is 13.6. The zero-order valence-electron chi connectivity index (χ0n) is 16.0. The zero-order chi connectivity index (χ0) is 19.9. The van der Waals surface area contributed by atoms with Gasteiger partial charge in [-0.25, -0.2) is 0 Å². The summed E-state index contributed by atoms with van der Waals surface area (Å²) in [6.45, 7) is -0.168. The van der Waals surface area contributed by atoms with Crippen molar-refractivity contribution < 1.29 is 14.3 Å². The minimum absolute atomic E-state index is 0.144. The van der Waals surface area contributed by atoms with E-state index in [0.29, 0.717) is 22.0 Å². The van der Waals surface area contributed by atoms with Crippen molar-refractivity contribution in [1.29, 1.82) is 0 Å². The van der Waals surface area contributed by atoms with Gasteiger partial charge in [0, 0.05) is 13.1 Å². The van der Waals surface area contributed by atoms with Crippen LogP contribution in [0.3, 0.4) is 0 Å². The summed E-state index contributed by atoms with van der Waals surface area (Å²) in [5.41, 5.74) is 1.05. The molecule has 1 fully saturated rings. The second kappa shape index (κ2) is 9.60. The number of hydrogen-bond acceptors (Lipinski definition) is 3. The van der Waals surface area contributed by atoms with Crippen molar-refractivity contribution in [2.75, 3.05) is 18.6 Å². The van der Waals surface area contributed by atoms with Crippen molar-refractivity contribution in [2.45, 2.75) is 38.1 Å². The lowest BCUT2D eigenvalue weighted by Gasteiger charge is -2.25. The first-order valence-corrected chi connectivity index (χ1v) is 9.98. The predicted octanol–water partition coefficient (Wildman–Crippen LogP) is 4.44. The van der Waals surface area contributed by atoms with E-state index in [2.05, 4.69) is 5.32 Å². The molecule has 0 aromatic heterocycles. The van der Waals surface area contributed by atoms with Gasteiger partial charge in [0.2, 0.25) is 0 Å². The van der Waals surface area contributed by atoms with Crippen molar-refractivity contribution in [1.82, 2.24) is 5.32 Å². The number of nitrogens with zero attached hydrogens (tertiary/aromatic N) is 1. The molecule has 5 nitrogen and oxygen atoms in total. The van der Waals surface area contributed by atoms with Crippen molar-refractivity contribution >= 4 is 29.1 Å². The minimum Gasteiger partial charge on any atom is -0.482 e. The van der Waals surface area contributed by atoms with Gasteiger partial charge >= 0.3 is 0 Å². The van der Waals surface area contributed by atoms with Crippen LogP contribution < -0.4 is 15.0 Å². The number of rotatable bonds is 6. The van der Waals surface area contributed by atoms with Crippen LogP contribution in [0.25, 0.3) is 0 Å². The molecule has 0 unspecified atom stereocenters. The van der Waals surface area contributed by atoms with E-state index in [1.165, 1.54) is 11.3 Å². The van der Waals surface area contributed by atoms with E-state index < -0.39 is 0 Å². The number of likely N-dealkylation sites (N-methyl/N-ethyl adjacent to an activating group) is 1. The molecule has 1 N–H and O–H groups in total. The van der Waals surface area contributed by atoms with E-state index >= 15 is 0 Å². The van der Waals surface area contributed by atoms with Crippen molar-refractivity contribution in [3.63, 3.8) is 0 Å². The number of nitrogens with one attached hydrogen (secondary N) is 1. The van der Waals surface area contributed by atoms with Crippen molar-refractivity contribution in [3.8, 4) is 5.75 Å². The van der Waals surface area contributed by atoms with E-state index in [1.54, 1.807) is 49.5 Å². The first-order valence-electron chi connectivity index (χ1n) is 9.60. The lowest BCUT2D eigenvalue weighted by molar-refractivity contribution is -0.120. The quantitative estimate of drug-likeness (QED) is 0.779. The molecule has 0 atom stereocenters. The van der Waals surface area contributed by atoms with Crippen LogP contribution in [-0.4, -0.2) is 31.5 Å². The molecule has 6 heteroatoms. The number of amides is 2. The number of carbonyl (C=O) groups excluding carboxylic acids is 2.